The summed E-state index contributed by atoms with van der Waals surface area (Å²) >= 11 is 1.25. The van der Waals surface area contributed by atoms with Crippen molar-refractivity contribution in [2.45, 2.75) is 23.0 Å². The summed E-state index contributed by atoms with van der Waals surface area (Å²) in [6, 6.07) is 4.60. The van der Waals surface area contributed by atoms with Gasteiger partial charge in [-0.2, -0.15) is 13.2 Å². The minimum Gasteiger partial charge on any atom is -0.311 e. The number of hydrogen-bond acceptors (Lipinski definition) is 5. The van der Waals surface area contributed by atoms with Crippen molar-refractivity contribution >= 4 is 23.4 Å². The number of carbonyl (C=O) groups is 1. The zero-order chi connectivity index (χ0) is 16.6. The first-order valence-electron chi connectivity index (χ1n) is 6.74. The minimum atomic E-state index is -4.38. The van der Waals surface area contributed by atoms with Gasteiger partial charge in [0.2, 0.25) is 11.1 Å². The number of thioether (sulfide) groups is 1. The molecule has 1 aliphatic rings. The fourth-order valence-electron chi connectivity index (χ4n) is 2.30. The van der Waals surface area contributed by atoms with Crippen molar-refractivity contribution in [3.63, 3.8) is 0 Å². The minimum absolute atomic E-state index is 0.155. The van der Waals surface area contributed by atoms with E-state index in [4.69, 9.17) is 0 Å². The number of rotatable bonds is 3. The molecular weight excluding hydrogens is 331 g/mol. The molecule has 0 saturated carbocycles. The van der Waals surface area contributed by atoms with Crippen molar-refractivity contribution in [1.82, 2.24) is 20.2 Å². The van der Waals surface area contributed by atoms with Crippen LogP contribution in [0.25, 0.3) is 0 Å². The fraction of sp³-hybridized carbons (Fsp3) is 0.385. The number of alkyl halides is 3. The van der Waals surface area contributed by atoms with Crippen LogP contribution in [0.2, 0.25) is 0 Å². The molecule has 0 unspecified atom stereocenters. The molecule has 1 amide bonds. The van der Waals surface area contributed by atoms with Crippen molar-refractivity contribution in [2.24, 2.45) is 7.05 Å². The number of amides is 1. The van der Waals surface area contributed by atoms with Gasteiger partial charge in [0.05, 0.1) is 10.8 Å². The first-order chi connectivity index (χ1) is 10.9. The second-order valence-corrected chi connectivity index (χ2v) is 6.18. The van der Waals surface area contributed by atoms with Gasteiger partial charge < -0.3 is 4.90 Å². The summed E-state index contributed by atoms with van der Waals surface area (Å²) in [7, 11) is 1.68. The number of hydrogen-bond donors (Lipinski definition) is 0. The molecule has 1 saturated heterocycles. The van der Waals surface area contributed by atoms with Crippen LogP contribution in [0.4, 0.5) is 18.9 Å². The topological polar surface area (TPSA) is 63.9 Å². The van der Waals surface area contributed by atoms with E-state index in [1.807, 2.05) is 0 Å². The van der Waals surface area contributed by atoms with Crippen molar-refractivity contribution in [3.05, 3.63) is 29.8 Å². The number of benzene rings is 1. The van der Waals surface area contributed by atoms with Crippen molar-refractivity contribution in [2.75, 3.05) is 11.4 Å². The standard InChI is InChI=1S/C13H12F3N5OS/c1-20-12(17-18-19-20)23-10-6-7-21(11(10)22)9-4-2-8(3-5-9)13(14,15)16/h2-5,10H,6-7H2,1H3/t10-/m1/s1. The highest BCUT2D eigenvalue weighted by Crippen LogP contribution is 2.34. The maximum atomic E-state index is 12.6. The van der Waals surface area contributed by atoms with E-state index in [1.54, 1.807) is 7.05 Å². The lowest BCUT2D eigenvalue weighted by Crippen LogP contribution is -2.28. The third-order valence-electron chi connectivity index (χ3n) is 3.49. The van der Waals surface area contributed by atoms with Gasteiger partial charge in [-0.1, -0.05) is 11.8 Å². The Bertz CT molecular complexity index is 715. The predicted molar refractivity (Wildman–Crippen MR) is 76.9 cm³/mol. The quantitative estimate of drug-likeness (QED) is 0.854. The molecule has 1 fully saturated rings. The van der Waals surface area contributed by atoms with Gasteiger partial charge in [-0.15, -0.1) is 5.10 Å². The molecule has 10 heteroatoms. The molecule has 0 N–H and O–H groups in total. The molecule has 1 aromatic carbocycles. The van der Waals surface area contributed by atoms with E-state index in [0.717, 1.165) is 12.1 Å². The van der Waals surface area contributed by atoms with Gasteiger partial charge in [0.25, 0.3) is 0 Å². The first kappa shape index (κ1) is 15.8. The zero-order valence-electron chi connectivity index (χ0n) is 12.0. The highest BCUT2D eigenvalue weighted by molar-refractivity contribution is 8.00. The Kier molecular flexibility index (Phi) is 4.00. The third-order valence-corrected chi connectivity index (χ3v) is 4.77. The lowest BCUT2D eigenvalue weighted by Gasteiger charge is -2.17. The number of tetrazole rings is 1. The SMILES string of the molecule is Cn1nnnc1S[C@@H]1CCN(c2ccc(C(F)(F)F)cc2)C1=O. The molecule has 6 nitrogen and oxygen atoms in total. The van der Waals surface area contributed by atoms with Gasteiger partial charge in [0.1, 0.15) is 0 Å². The summed E-state index contributed by atoms with van der Waals surface area (Å²) in [4.78, 5) is 13.9. The van der Waals surface area contributed by atoms with Gasteiger partial charge in [0, 0.05) is 19.3 Å². The predicted octanol–water partition coefficient (Wildman–Crippen LogP) is 2.13. The lowest BCUT2D eigenvalue weighted by molar-refractivity contribution is -0.137. The van der Waals surface area contributed by atoms with E-state index < -0.39 is 11.7 Å². The molecule has 2 aromatic rings. The Morgan fingerprint density at radius 3 is 2.52 bits per heavy atom. The Balaban J connectivity index is 1.73. The number of halogens is 3. The summed E-state index contributed by atoms with van der Waals surface area (Å²) in [6.45, 7) is 0.452. The molecule has 0 radical (unpaired) electrons. The van der Waals surface area contributed by atoms with E-state index in [2.05, 4.69) is 15.5 Å². The largest absolute Gasteiger partial charge is 0.416 e. The van der Waals surface area contributed by atoms with Crippen LogP contribution in [-0.4, -0.2) is 37.9 Å². The highest BCUT2D eigenvalue weighted by Gasteiger charge is 2.35. The molecule has 1 aliphatic heterocycles. The average molecular weight is 343 g/mol. The van der Waals surface area contributed by atoms with Gasteiger partial charge in [-0.05, 0) is 41.1 Å². The first-order valence-corrected chi connectivity index (χ1v) is 7.62. The molecule has 0 bridgehead atoms. The van der Waals surface area contributed by atoms with Gasteiger partial charge in [0.15, 0.2) is 0 Å². The maximum absolute atomic E-state index is 12.6. The number of aromatic nitrogens is 4. The number of anilines is 1. The molecular formula is C13H12F3N5OS. The van der Waals surface area contributed by atoms with Crippen LogP contribution >= 0.6 is 11.8 Å². The van der Waals surface area contributed by atoms with Crippen LogP contribution in [0, 0.1) is 0 Å². The van der Waals surface area contributed by atoms with Crippen molar-refractivity contribution < 1.29 is 18.0 Å². The Hall–Kier alpha value is -2.10. The highest BCUT2D eigenvalue weighted by atomic mass is 32.2. The molecule has 1 aromatic heterocycles. The van der Waals surface area contributed by atoms with Crippen LogP contribution in [-0.2, 0) is 18.0 Å². The Morgan fingerprint density at radius 2 is 1.96 bits per heavy atom. The summed E-state index contributed by atoms with van der Waals surface area (Å²) in [6.07, 6.45) is -3.80. The van der Waals surface area contributed by atoms with E-state index in [-0.39, 0.29) is 11.2 Å². The molecule has 0 aliphatic carbocycles. The third kappa shape index (κ3) is 3.16. The zero-order valence-corrected chi connectivity index (χ0v) is 12.8. The van der Waals surface area contributed by atoms with E-state index in [0.29, 0.717) is 23.8 Å². The van der Waals surface area contributed by atoms with Crippen molar-refractivity contribution in [1.29, 1.82) is 0 Å². The molecule has 3 rings (SSSR count). The molecule has 122 valence electrons. The molecule has 1 atom stereocenters. The van der Waals surface area contributed by atoms with Gasteiger partial charge in [-0.25, -0.2) is 4.68 Å². The van der Waals surface area contributed by atoms with E-state index in [9.17, 15) is 18.0 Å². The Labute approximate surface area is 133 Å². The van der Waals surface area contributed by atoms with Crippen LogP contribution in [0.5, 0.6) is 0 Å². The number of aryl methyl sites for hydroxylation is 1. The Morgan fingerprint density at radius 1 is 1.26 bits per heavy atom. The summed E-state index contributed by atoms with van der Waals surface area (Å²) in [5.74, 6) is -0.155. The second-order valence-electron chi connectivity index (χ2n) is 5.01. The fourth-order valence-corrected chi connectivity index (χ4v) is 3.28. The van der Waals surface area contributed by atoms with Crippen LogP contribution in [0.3, 0.4) is 0 Å². The smallest absolute Gasteiger partial charge is 0.311 e. The number of nitrogens with zero attached hydrogens (tertiary/aromatic N) is 5. The van der Waals surface area contributed by atoms with Gasteiger partial charge >= 0.3 is 6.18 Å². The average Bonchev–Trinajstić information content (AvgIpc) is 3.06. The molecule has 0 spiro atoms. The molecule has 2 heterocycles. The van der Waals surface area contributed by atoms with Crippen LogP contribution in [0.15, 0.2) is 29.4 Å². The summed E-state index contributed by atoms with van der Waals surface area (Å²) < 4.78 is 39.2. The van der Waals surface area contributed by atoms with Gasteiger partial charge in [-0.3, -0.25) is 4.79 Å². The van der Waals surface area contributed by atoms with Crippen LogP contribution < -0.4 is 4.90 Å². The number of carbonyl (C=O) groups excluding carboxylic acids is 1. The van der Waals surface area contributed by atoms with E-state index in [1.165, 1.54) is 33.5 Å². The van der Waals surface area contributed by atoms with Crippen molar-refractivity contribution in [3.8, 4) is 0 Å². The molecule has 23 heavy (non-hydrogen) atoms. The lowest BCUT2D eigenvalue weighted by atomic mass is 10.2. The maximum Gasteiger partial charge on any atom is 0.416 e. The summed E-state index contributed by atoms with van der Waals surface area (Å²) in [5, 5.41) is 11.2. The van der Waals surface area contributed by atoms with E-state index >= 15 is 0 Å². The monoisotopic (exact) mass is 343 g/mol. The second kappa shape index (κ2) is 5.84. The summed E-state index contributed by atoms with van der Waals surface area (Å²) in [5.41, 5.74) is -0.272. The van der Waals surface area contributed by atoms with Crippen LogP contribution in [0.1, 0.15) is 12.0 Å². The normalized spacial score (nSPS) is 18.7.